The summed E-state index contributed by atoms with van der Waals surface area (Å²) in [6.07, 6.45) is 3.72. The molecule has 0 saturated carbocycles. The first kappa shape index (κ1) is 28.7. The molecule has 3 N–H and O–H groups in total. The van der Waals surface area contributed by atoms with Gasteiger partial charge in [-0.3, -0.25) is 4.90 Å². The van der Waals surface area contributed by atoms with Crippen molar-refractivity contribution < 1.29 is 10.2 Å². The van der Waals surface area contributed by atoms with Gasteiger partial charge in [0.05, 0.1) is 12.8 Å². The van der Waals surface area contributed by atoms with Crippen LogP contribution in [-0.4, -0.2) is 47.3 Å². The second kappa shape index (κ2) is 14.7. The molecular formula is C25H34Cl2N4O2. The lowest BCUT2D eigenvalue weighted by atomic mass is 9.93. The Kier molecular flexibility index (Phi) is 12.8. The van der Waals surface area contributed by atoms with Crippen LogP contribution in [0.5, 0.6) is 5.75 Å². The van der Waals surface area contributed by atoms with Crippen molar-refractivity contribution in [2.24, 2.45) is 5.92 Å². The molecule has 1 aromatic heterocycles. The van der Waals surface area contributed by atoms with Crippen molar-refractivity contribution in [1.82, 2.24) is 15.1 Å². The van der Waals surface area contributed by atoms with E-state index in [1.54, 1.807) is 7.11 Å². The lowest BCUT2D eigenvalue weighted by molar-refractivity contribution is 0.174. The van der Waals surface area contributed by atoms with Crippen molar-refractivity contribution in [2.75, 3.05) is 32.1 Å². The van der Waals surface area contributed by atoms with E-state index in [9.17, 15) is 0 Å². The molecule has 0 spiro atoms. The van der Waals surface area contributed by atoms with E-state index in [-0.39, 0.29) is 30.3 Å². The van der Waals surface area contributed by atoms with Gasteiger partial charge in [0.1, 0.15) is 11.6 Å². The van der Waals surface area contributed by atoms with E-state index in [1.807, 2.05) is 36.4 Å². The molecule has 8 heteroatoms. The number of nitrogens with one attached hydrogen (secondary N) is 1. The maximum absolute atomic E-state index is 5.42. The number of rotatable bonds is 8. The van der Waals surface area contributed by atoms with Gasteiger partial charge in [0.2, 0.25) is 0 Å². The third kappa shape index (κ3) is 8.16. The van der Waals surface area contributed by atoms with E-state index < -0.39 is 0 Å². The fourth-order valence-corrected chi connectivity index (χ4v) is 4.11. The number of nitrogens with zero attached hydrogens (tertiary/aromatic N) is 3. The fourth-order valence-electron chi connectivity index (χ4n) is 4.11. The van der Waals surface area contributed by atoms with Crippen LogP contribution >= 0.6 is 24.8 Å². The van der Waals surface area contributed by atoms with Crippen LogP contribution in [0, 0.1) is 5.92 Å². The predicted molar refractivity (Wildman–Crippen MR) is 140 cm³/mol. The number of aromatic nitrogens is 2. The van der Waals surface area contributed by atoms with E-state index in [0.717, 1.165) is 41.8 Å². The lowest BCUT2D eigenvalue weighted by Crippen LogP contribution is -2.33. The molecule has 1 aliphatic heterocycles. The Balaban J connectivity index is 0.00000181. The van der Waals surface area contributed by atoms with E-state index >= 15 is 0 Å². The van der Waals surface area contributed by atoms with E-state index in [4.69, 9.17) is 4.74 Å². The lowest BCUT2D eigenvalue weighted by Gasteiger charge is -2.32. The van der Waals surface area contributed by atoms with Crippen LogP contribution in [-0.2, 0) is 6.54 Å². The summed E-state index contributed by atoms with van der Waals surface area (Å²) in [6.45, 7) is 4.38. The molecule has 0 atom stereocenters. The van der Waals surface area contributed by atoms with Gasteiger partial charge in [0.25, 0.3) is 0 Å². The predicted octanol–water partition coefficient (Wildman–Crippen LogP) is 4.89. The van der Waals surface area contributed by atoms with Crippen LogP contribution in [0.25, 0.3) is 11.3 Å². The van der Waals surface area contributed by atoms with Gasteiger partial charge in [0, 0.05) is 18.7 Å². The minimum absolute atomic E-state index is 0. The summed E-state index contributed by atoms with van der Waals surface area (Å²) in [5.74, 6) is 2.42. The van der Waals surface area contributed by atoms with Gasteiger partial charge in [0.15, 0.2) is 0 Å². The summed E-state index contributed by atoms with van der Waals surface area (Å²) in [5, 5.41) is 12.2. The number of hydrogen-bond acceptors (Lipinski definition) is 5. The summed E-state index contributed by atoms with van der Waals surface area (Å²) in [4.78, 5) is 2.57. The first-order valence-electron chi connectivity index (χ1n) is 10.8. The highest BCUT2D eigenvalue weighted by atomic mass is 35.5. The van der Waals surface area contributed by atoms with Gasteiger partial charge in [-0.05, 0) is 68.1 Å². The molecule has 0 unspecified atom stereocenters. The van der Waals surface area contributed by atoms with Crippen LogP contribution in [0.2, 0.25) is 0 Å². The summed E-state index contributed by atoms with van der Waals surface area (Å²) < 4.78 is 5.42. The highest BCUT2D eigenvalue weighted by molar-refractivity contribution is 5.85. The highest BCUT2D eigenvalue weighted by Gasteiger charge is 2.19. The van der Waals surface area contributed by atoms with Crippen LogP contribution in [0.4, 0.5) is 5.82 Å². The summed E-state index contributed by atoms with van der Waals surface area (Å²) in [6, 6.07) is 22.6. The molecule has 2 aromatic carbocycles. The van der Waals surface area contributed by atoms with E-state index in [1.165, 1.54) is 37.9 Å². The van der Waals surface area contributed by atoms with Gasteiger partial charge in [-0.25, -0.2) is 0 Å². The molecule has 1 fully saturated rings. The average molecular weight is 493 g/mol. The van der Waals surface area contributed by atoms with Crippen LogP contribution in [0.1, 0.15) is 24.8 Å². The number of anilines is 1. The van der Waals surface area contributed by atoms with E-state index in [2.05, 4.69) is 50.7 Å². The zero-order valence-corrected chi connectivity index (χ0v) is 20.6. The van der Waals surface area contributed by atoms with Crippen LogP contribution in [0.15, 0.2) is 66.7 Å². The molecule has 180 valence electrons. The Morgan fingerprint density at radius 1 is 0.909 bits per heavy atom. The van der Waals surface area contributed by atoms with Crippen LogP contribution < -0.4 is 10.1 Å². The summed E-state index contributed by atoms with van der Waals surface area (Å²) >= 11 is 0. The number of likely N-dealkylation sites (tertiary alicyclic amines) is 1. The summed E-state index contributed by atoms with van der Waals surface area (Å²) in [7, 11) is 1.67. The number of piperidine rings is 1. The molecule has 1 aliphatic rings. The maximum Gasteiger partial charge on any atom is 0.148 e. The summed E-state index contributed by atoms with van der Waals surface area (Å²) in [5.41, 5.74) is 3.19. The molecule has 0 amide bonds. The van der Waals surface area contributed by atoms with Crippen molar-refractivity contribution in [2.45, 2.75) is 25.8 Å². The minimum atomic E-state index is 0. The number of benzene rings is 2. The number of para-hydroxylation sites is 1. The Labute approximate surface area is 208 Å². The highest BCUT2D eigenvalue weighted by Crippen LogP contribution is 2.28. The average Bonchev–Trinajstić information content (AvgIpc) is 2.81. The van der Waals surface area contributed by atoms with Gasteiger partial charge >= 0.3 is 0 Å². The molecular weight excluding hydrogens is 459 g/mol. The first-order valence-corrected chi connectivity index (χ1v) is 10.8. The Bertz CT molecular complexity index is 921. The number of hydrogen-bond donors (Lipinski definition) is 1. The molecule has 33 heavy (non-hydrogen) atoms. The minimum Gasteiger partial charge on any atom is -0.496 e. The van der Waals surface area contributed by atoms with Crippen molar-refractivity contribution in [1.29, 1.82) is 0 Å². The zero-order valence-electron chi connectivity index (χ0n) is 18.9. The van der Waals surface area contributed by atoms with Gasteiger partial charge in [-0.2, -0.15) is 0 Å². The third-order valence-corrected chi connectivity index (χ3v) is 5.86. The van der Waals surface area contributed by atoms with Crippen molar-refractivity contribution in [3.8, 4) is 17.0 Å². The van der Waals surface area contributed by atoms with Gasteiger partial charge < -0.3 is 15.5 Å². The Morgan fingerprint density at radius 2 is 1.61 bits per heavy atom. The van der Waals surface area contributed by atoms with E-state index in [0.29, 0.717) is 0 Å². The second-order valence-corrected chi connectivity index (χ2v) is 7.92. The molecule has 1 saturated heterocycles. The molecule has 6 nitrogen and oxygen atoms in total. The second-order valence-electron chi connectivity index (χ2n) is 7.92. The van der Waals surface area contributed by atoms with Gasteiger partial charge in [-0.15, -0.1) is 35.0 Å². The molecule has 0 radical (unpaired) electrons. The fraction of sp³-hybridized carbons (Fsp3) is 0.360. The zero-order chi connectivity index (χ0) is 20.6. The normalized spacial score (nSPS) is 13.7. The topological polar surface area (TPSA) is 81.8 Å². The van der Waals surface area contributed by atoms with Crippen LogP contribution in [0.3, 0.4) is 0 Å². The molecule has 0 bridgehead atoms. The molecule has 2 heterocycles. The van der Waals surface area contributed by atoms with Gasteiger partial charge in [-0.1, -0.05) is 42.5 Å². The quantitative estimate of drug-likeness (QED) is 0.484. The number of ether oxygens (including phenoxy) is 1. The molecule has 3 aromatic rings. The smallest absolute Gasteiger partial charge is 0.148 e. The maximum atomic E-state index is 5.42. The standard InChI is InChI=1S/C25H30N4O.2ClH.H2O/c1-30-24-10-6-5-9-22(24)23-11-12-25(28-27-23)26-16-13-20-14-17-29(18-15-20)19-21-7-3-2-4-8-21;;;/h2-12,20H,13-19H2,1H3,(H,26,28);2*1H;1H2. The molecule has 4 rings (SSSR count). The Morgan fingerprint density at radius 3 is 2.27 bits per heavy atom. The third-order valence-electron chi connectivity index (χ3n) is 5.86. The Hall–Kier alpha value is -2.38. The monoisotopic (exact) mass is 492 g/mol. The SMILES string of the molecule is COc1ccccc1-c1ccc(NCCC2CCN(Cc3ccccc3)CC2)nn1.Cl.Cl.O. The first-order chi connectivity index (χ1) is 14.8. The number of halogens is 2. The number of methoxy groups -OCH3 is 1. The largest absolute Gasteiger partial charge is 0.496 e. The van der Waals surface area contributed by atoms with Crippen molar-refractivity contribution in [3.63, 3.8) is 0 Å². The van der Waals surface area contributed by atoms with Crippen molar-refractivity contribution in [3.05, 3.63) is 72.3 Å². The van der Waals surface area contributed by atoms with Crippen molar-refractivity contribution >= 4 is 30.6 Å². The molecule has 0 aliphatic carbocycles.